The average molecular weight is 1210 g/mol. The molecule has 0 heterocycles. The van der Waals surface area contributed by atoms with Crippen LogP contribution in [0, 0.1) is 0 Å². The maximum absolute atomic E-state index is 4.82. The van der Waals surface area contributed by atoms with E-state index in [9.17, 15) is 0 Å². The van der Waals surface area contributed by atoms with Crippen LogP contribution >= 0.6 is 48.9 Å². The summed E-state index contributed by atoms with van der Waals surface area (Å²) in [6, 6.07) is 0. The Morgan fingerprint density at radius 3 is 0.464 bits per heavy atom. The number of thiocarbonyl (C=S) groups is 4. The first-order chi connectivity index (χ1) is 33.1. The Labute approximate surface area is 483 Å². The third-order valence-corrected chi connectivity index (χ3v) is 11.4. The zero-order valence-electron chi connectivity index (χ0n) is 44.1. The molecule has 0 saturated carbocycles. The van der Waals surface area contributed by atoms with Crippen molar-refractivity contribution in [3.8, 4) is 0 Å². The quantitative estimate of drug-likeness (QED) is 0.0145. The summed E-state index contributed by atoms with van der Waals surface area (Å²) in [5.74, 6) is 0. The SMILES string of the molecule is CCCCCCCCCCCCOOC(=S)[S-].CCCCCCCCCCCCOOC(=S)[S-].CCCCCCCCCCCCOOC(=S)[S-].CCCCCCCCCCCCOOC(=S)[S-].[Mo+4]. The molecular weight excluding hydrogens is 1110 g/mol. The molecule has 0 amide bonds. The van der Waals surface area contributed by atoms with Crippen LogP contribution in [0.5, 0.6) is 0 Å². The minimum atomic E-state index is 0. The zero-order chi connectivity index (χ0) is 51.1. The Morgan fingerprint density at radius 2 is 0.348 bits per heavy atom. The molecule has 0 spiro atoms. The third kappa shape index (κ3) is 95.3. The normalized spacial score (nSPS) is 10.3. The van der Waals surface area contributed by atoms with E-state index in [0.29, 0.717) is 26.4 Å². The maximum atomic E-state index is 4.82. The van der Waals surface area contributed by atoms with Crippen LogP contribution in [0.4, 0.5) is 0 Å². The van der Waals surface area contributed by atoms with Crippen LogP contribution in [-0.4, -0.2) is 44.0 Å². The van der Waals surface area contributed by atoms with E-state index in [0.717, 1.165) is 25.7 Å². The summed E-state index contributed by atoms with van der Waals surface area (Å²) in [6.45, 7) is 11.4. The van der Waals surface area contributed by atoms with Crippen LogP contribution in [0.3, 0.4) is 0 Å². The van der Waals surface area contributed by atoms with Gasteiger partial charge in [0, 0.05) is 0 Å². The molecule has 0 bridgehead atoms. The van der Waals surface area contributed by atoms with Crippen molar-refractivity contribution in [3.63, 3.8) is 0 Å². The third-order valence-electron chi connectivity index (χ3n) is 10.8. The predicted octanol–water partition coefficient (Wildman–Crippen LogP) is 18.7. The van der Waals surface area contributed by atoms with Gasteiger partial charge in [-0.25, -0.2) is 0 Å². The van der Waals surface area contributed by atoms with Gasteiger partial charge in [-0.15, -0.1) is 0 Å². The van der Waals surface area contributed by atoms with Crippen molar-refractivity contribution >= 4 is 117 Å². The van der Waals surface area contributed by atoms with Gasteiger partial charge < -0.3 is 119 Å². The second-order valence-electron chi connectivity index (χ2n) is 17.3. The van der Waals surface area contributed by atoms with Gasteiger partial charge in [0.2, 0.25) is 0 Å². The van der Waals surface area contributed by atoms with Gasteiger partial charge in [0.05, 0.1) is 44.0 Å². The smallest absolute Gasteiger partial charge is 0.387 e. The van der Waals surface area contributed by atoms with E-state index < -0.39 is 0 Å². The van der Waals surface area contributed by atoms with E-state index in [1.54, 1.807) is 0 Å². The van der Waals surface area contributed by atoms with Gasteiger partial charge in [0.15, 0.2) is 0 Å². The molecule has 0 atom stereocenters. The Kier molecular flexibility index (Phi) is 86.3. The van der Waals surface area contributed by atoms with Crippen LogP contribution in [0.2, 0.25) is 0 Å². The van der Waals surface area contributed by atoms with Gasteiger partial charge in [-0.3, -0.25) is 0 Å². The summed E-state index contributed by atoms with van der Waals surface area (Å²) < 4.78 is 0.156. The fraction of sp³-hybridized carbons (Fsp3) is 0.923. The molecule has 0 radical (unpaired) electrons. The summed E-state index contributed by atoms with van der Waals surface area (Å²) in [6.07, 6.45) is 52.6. The van der Waals surface area contributed by atoms with Gasteiger partial charge in [0.1, 0.15) is 0 Å². The molecule has 0 N–H and O–H groups in total. The molecule has 0 aliphatic rings. The van der Waals surface area contributed by atoms with E-state index in [1.165, 1.54) is 231 Å². The van der Waals surface area contributed by atoms with Gasteiger partial charge >= 0.3 is 21.1 Å². The molecule has 0 fully saturated rings. The minimum Gasteiger partial charge on any atom is -0.387 e. The fourth-order valence-electron chi connectivity index (χ4n) is 6.95. The minimum absolute atomic E-state index is 0. The summed E-state index contributed by atoms with van der Waals surface area (Å²) in [5.41, 5.74) is 0. The van der Waals surface area contributed by atoms with Gasteiger partial charge in [-0.2, -0.15) is 19.6 Å². The standard InChI is InChI=1S/4C13H26O2S2.Mo/c4*1-2-3-4-5-6-7-8-9-10-11-12-14-15-13(16)17;/h4*2-12H2,1H3,(H,16,17);/q;;;;+4/p-4. The molecule has 0 aliphatic heterocycles. The van der Waals surface area contributed by atoms with Crippen molar-refractivity contribution in [1.29, 1.82) is 0 Å². The Bertz CT molecular complexity index is 859. The van der Waals surface area contributed by atoms with Crippen LogP contribution < -0.4 is 0 Å². The van der Waals surface area contributed by atoms with E-state index in [4.69, 9.17) is 19.6 Å². The molecule has 0 aromatic heterocycles. The topological polar surface area (TPSA) is 73.8 Å². The average Bonchev–Trinajstić information content (AvgIpc) is 3.30. The molecule has 17 heteroatoms. The van der Waals surface area contributed by atoms with E-state index >= 15 is 0 Å². The van der Waals surface area contributed by atoms with Crippen LogP contribution in [0.25, 0.3) is 0 Å². The molecular formula is C52H100MoO8S8. The van der Waals surface area contributed by atoms with Gasteiger partial charge in [0.25, 0.3) is 0 Å². The van der Waals surface area contributed by atoms with Crippen molar-refractivity contribution in [2.45, 2.75) is 285 Å². The molecule has 69 heavy (non-hydrogen) atoms. The first-order valence-electron chi connectivity index (χ1n) is 27.1. The van der Waals surface area contributed by atoms with Crippen LogP contribution in [0.15, 0.2) is 0 Å². The molecule has 0 rings (SSSR count). The summed E-state index contributed by atoms with van der Waals surface area (Å²) in [5, 5.41) is 0. The maximum Gasteiger partial charge on any atom is 4.00 e. The molecule has 0 aliphatic carbocycles. The van der Waals surface area contributed by atoms with Gasteiger partial charge in [-0.05, 0) is 25.7 Å². The summed E-state index contributed by atoms with van der Waals surface area (Å²) in [4.78, 5) is 37.6. The van der Waals surface area contributed by atoms with Gasteiger partial charge in [-0.1, -0.05) is 259 Å². The second-order valence-corrected chi connectivity index (χ2v) is 21.3. The van der Waals surface area contributed by atoms with Crippen molar-refractivity contribution in [1.82, 2.24) is 0 Å². The second kappa shape index (κ2) is 75.5. The van der Waals surface area contributed by atoms with Crippen LogP contribution in [-0.2, 0) is 111 Å². The molecule has 0 aromatic rings. The van der Waals surface area contributed by atoms with E-state index in [-0.39, 0.29) is 38.6 Å². The molecule has 0 aromatic carbocycles. The monoisotopic (exact) mass is 1210 g/mol. The number of hydrogen-bond donors (Lipinski definition) is 0. The van der Waals surface area contributed by atoms with E-state index in [2.05, 4.69) is 147 Å². The first-order valence-corrected chi connectivity index (χ1v) is 30.4. The number of hydrogen-bond acceptors (Lipinski definition) is 16. The number of rotatable bonds is 48. The first kappa shape index (κ1) is 78.8. The zero-order valence-corrected chi connectivity index (χ0v) is 52.6. The number of unbranched alkanes of at least 4 members (excludes halogenated alkanes) is 36. The van der Waals surface area contributed by atoms with E-state index in [1.807, 2.05) is 0 Å². The summed E-state index contributed by atoms with van der Waals surface area (Å²) in [7, 11) is 0. The molecule has 8 nitrogen and oxygen atoms in total. The van der Waals surface area contributed by atoms with Crippen LogP contribution in [0.1, 0.15) is 285 Å². The largest absolute Gasteiger partial charge is 4.00 e. The summed E-state index contributed by atoms with van der Waals surface area (Å²) >= 11 is 36.3. The van der Waals surface area contributed by atoms with Crippen molar-refractivity contribution in [3.05, 3.63) is 0 Å². The van der Waals surface area contributed by atoms with Crippen molar-refractivity contribution in [2.75, 3.05) is 26.4 Å². The Balaban J connectivity index is -0.000000263. The Morgan fingerprint density at radius 1 is 0.232 bits per heavy atom. The molecule has 410 valence electrons. The predicted molar refractivity (Wildman–Crippen MR) is 315 cm³/mol. The molecule has 0 unspecified atom stereocenters. The molecule has 0 saturated heterocycles. The van der Waals surface area contributed by atoms with Crippen molar-refractivity contribution in [2.24, 2.45) is 0 Å². The van der Waals surface area contributed by atoms with Crippen molar-refractivity contribution < 1.29 is 60.2 Å². The fourth-order valence-corrected chi connectivity index (χ4v) is 7.34. The Hall–Kier alpha value is 0.968.